The third-order valence-electron chi connectivity index (χ3n) is 3.15. The molecule has 0 aliphatic carbocycles. The molecule has 1 nitrogen and oxygen atoms in total. The molecule has 0 spiro atoms. The van der Waals surface area contributed by atoms with Crippen molar-refractivity contribution in [2.45, 2.75) is 18.3 Å². The summed E-state index contributed by atoms with van der Waals surface area (Å²) < 4.78 is 5.39. The van der Waals surface area contributed by atoms with Crippen molar-refractivity contribution in [3.8, 4) is 0 Å². The summed E-state index contributed by atoms with van der Waals surface area (Å²) in [6, 6.07) is 7.98. The number of rotatable bonds is 2. The number of hydrogen-bond acceptors (Lipinski definition) is 1. The highest BCUT2D eigenvalue weighted by Gasteiger charge is 2.34. The van der Waals surface area contributed by atoms with Crippen molar-refractivity contribution in [2.24, 2.45) is 0 Å². The highest BCUT2D eigenvalue weighted by Crippen LogP contribution is 2.39. The fourth-order valence-corrected chi connectivity index (χ4v) is 2.88. The van der Waals surface area contributed by atoms with E-state index >= 15 is 0 Å². The summed E-state index contributed by atoms with van der Waals surface area (Å²) in [5.41, 5.74) is 1.18. The fraction of sp³-hybridized carbons (Fsp3) is 0.500. The van der Waals surface area contributed by atoms with Gasteiger partial charge >= 0.3 is 0 Å². The molecule has 0 bridgehead atoms. The maximum absolute atomic E-state index is 6.23. The van der Waals surface area contributed by atoms with Crippen LogP contribution in [-0.4, -0.2) is 19.1 Å². The summed E-state index contributed by atoms with van der Waals surface area (Å²) >= 11 is 12.4. The van der Waals surface area contributed by atoms with Gasteiger partial charge in [0.15, 0.2) is 0 Å². The first-order valence-corrected chi connectivity index (χ1v) is 6.08. The maximum atomic E-state index is 6.23. The van der Waals surface area contributed by atoms with E-state index in [1.807, 2.05) is 18.2 Å². The van der Waals surface area contributed by atoms with Gasteiger partial charge in [-0.3, -0.25) is 0 Å². The normalized spacial score (nSPS) is 20.1. The van der Waals surface area contributed by atoms with E-state index in [0.717, 1.165) is 31.1 Å². The first kappa shape index (κ1) is 11.3. The minimum atomic E-state index is 0.0121. The minimum absolute atomic E-state index is 0.0121. The molecule has 1 saturated heterocycles. The van der Waals surface area contributed by atoms with Gasteiger partial charge in [0, 0.05) is 29.5 Å². The fourth-order valence-electron chi connectivity index (χ4n) is 2.13. The summed E-state index contributed by atoms with van der Waals surface area (Å²) in [6.45, 7) is 1.55. The molecular weight excluding hydrogens is 231 g/mol. The van der Waals surface area contributed by atoms with Crippen LogP contribution >= 0.6 is 23.2 Å². The summed E-state index contributed by atoms with van der Waals surface area (Å²) in [4.78, 5) is 0. The van der Waals surface area contributed by atoms with E-state index in [4.69, 9.17) is 27.9 Å². The van der Waals surface area contributed by atoms with Crippen LogP contribution in [0.15, 0.2) is 24.3 Å². The molecule has 0 saturated carbocycles. The lowest BCUT2D eigenvalue weighted by Crippen LogP contribution is -2.35. The zero-order valence-corrected chi connectivity index (χ0v) is 10.0. The molecule has 1 aliphatic rings. The first-order valence-electron chi connectivity index (χ1n) is 5.17. The van der Waals surface area contributed by atoms with Crippen LogP contribution in [0.1, 0.15) is 18.4 Å². The van der Waals surface area contributed by atoms with Crippen molar-refractivity contribution >= 4 is 23.2 Å². The van der Waals surface area contributed by atoms with E-state index in [2.05, 4.69) is 6.07 Å². The number of ether oxygens (including phenoxy) is 1. The van der Waals surface area contributed by atoms with E-state index < -0.39 is 0 Å². The molecule has 1 heterocycles. The Morgan fingerprint density at radius 2 is 1.87 bits per heavy atom. The summed E-state index contributed by atoms with van der Waals surface area (Å²) in [5, 5.41) is 0.819. The second kappa shape index (κ2) is 4.73. The van der Waals surface area contributed by atoms with Crippen molar-refractivity contribution in [3.05, 3.63) is 34.9 Å². The third kappa shape index (κ3) is 2.15. The molecule has 0 unspecified atom stereocenters. The van der Waals surface area contributed by atoms with Gasteiger partial charge in [-0.25, -0.2) is 0 Å². The first-order chi connectivity index (χ1) is 7.28. The highest BCUT2D eigenvalue weighted by atomic mass is 35.5. The van der Waals surface area contributed by atoms with Gasteiger partial charge in [0.1, 0.15) is 0 Å². The molecule has 0 radical (unpaired) electrons. The molecule has 1 aliphatic heterocycles. The van der Waals surface area contributed by atoms with E-state index in [-0.39, 0.29) is 5.41 Å². The van der Waals surface area contributed by atoms with Gasteiger partial charge in [-0.15, -0.1) is 11.6 Å². The van der Waals surface area contributed by atoms with Gasteiger partial charge in [-0.2, -0.15) is 0 Å². The van der Waals surface area contributed by atoms with E-state index in [1.54, 1.807) is 0 Å². The largest absolute Gasteiger partial charge is 0.381 e. The van der Waals surface area contributed by atoms with E-state index in [1.165, 1.54) is 5.56 Å². The Hall–Kier alpha value is -0.240. The Morgan fingerprint density at radius 3 is 2.47 bits per heavy atom. The van der Waals surface area contributed by atoms with Crippen LogP contribution in [0, 0.1) is 0 Å². The number of halogens is 2. The molecule has 0 N–H and O–H groups in total. The van der Waals surface area contributed by atoms with Gasteiger partial charge in [-0.1, -0.05) is 29.8 Å². The molecule has 82 valence electrons. The summed E-state index contributed by atoms with van der Waals surface area (Å²) in [6.07, 6.45) is 1.92. The van der Waals surface area contributed by atoms with Crippen LogP contribution in [0.4, 0.5) is 0 Å². The molecule has 2 rings (SSSR count). The van der Waals surface area contributed by atoms with Crippen molar-refractivity contribution in [2.75, 3.05) is 19.1 Å². The lowest BCUT2D eigenvalue weighted by molar-refractivity contribution is 0.0576. The Kier molecular flexibility index (Phi) is 3.55. The Bertz CT molecular complexity index is 332. The minimum Gasteiger partial charge on any atom is -0.381 e. The molecule has 3 heteroatoms. The maximum Gasteiger partial charge on any atom is 0.0474 e. The van der Waals surface area contributed by atoms with Gasteiger partial charge in [0.25, 0.3) is 0 Å². The Labute approximate surface area is 100 Å². The van der Waals surface area contributed by atoms with Crippen molar-refractivity contribution in [1.29, 1.82) is 0 Å². The number of hydrogen-bond donors (Lipinski definition) is 0. The Morgan fingerprint density at radius 1 is 1.20 bits per heavy atom. The molecule has 1 aromatic carbocycles. The second-order valence-electron chi connectivity index (χ2n) is 4.01. The van der Waals surface area contributed by atoms with Crippen molar-refractivity contribution in [3.63, 3.8) is 0 Å². The number of benzene rings is 1. The van der Waals surface area contributed by atoms with Crippen LogP contribution in [0.5, 0.6) is 0 Å². The predicted molar refractivity (Wildman–Crippen MR) is 63.9 cm³/mol. The molecule has 1 aromatic rings. The smallest absolute Gasteiger partial charge is 0.0474 e. The average molecular weight is 245 g/mol. The summed E-state index contributed by atoms with van der Waals surface area (Å²) in [7, 11) is 0. The van der Waals surface area contributed by atoms with Gasteiger partial charge in [0.2, 0.25) is 0 Å². The highest BCUT2D eigenvalue weighted by molar-refractivity contribution is 6.31. The van der Waals surface area contributed by atoms with Crippen LogP contribution in [0.3, 0.4) is 0 Å². The molecule has 1 fully saturated rings. The van der Waals surface area contributed by atoms with Crippen LogP contribution < -0.4 is 0 Å². The molecule has 15 heavy (non-hydrogen) atoms. The summed E-state index contributed by atoms with van der Waals surface area (Å²) in [5.74, 6) is 0.611. The average Bonchev–Trinajstić information content (AvgIpc) is 2.30. The van der Waals surface area contributed by atoms with Gasteiger partial charge in [0.05, 0.1) is 0 Å². The zero-order chi connectivity index (χ0) is 10.7. The van der Waals surface area contributed by atoms with Gasteiger partial charge < -0.3 is 4.74 Å². The molecular formula is C12H14Cl2O. The Balaban J connectivity index is 2.36. The predicted octanol–water partition coefficient (Wildman–Crippen LogP) is 3.63. The second-order valence-corrected chi connectivity index (χ2v) is 4.68. The standard InChI is InChI=1S/C12H14Cl2O/c13-9-12(5-7-15-8-6-12)10-3-1-2-4-11(10)14/h1-4H,5-9H2. The van der Waals surface area contributed by atoms with Gasteiger partial charge in [-0.05, 0) is 24.5 Å². The van der Waals surface area contributed by atoms with Crippen molar-refractivity contribution < 1.29 is 4.74 Å². The van der Waals surface area contributed by atoms with Crippen LogP contribution in [0.2, 0.25) is 5.02 Å². The quantitative estimate of drug-likeness (QED) is 0.723. The zero-order valence-electron chi connectivity index (χ0n) is 8.51. The van der Waals surface area contributed by atoms with Crippen molar-refractivity contribution in [1.82, 2.24) is 0 Å². The van der Waals surface area contributed by atoms with Crippen LogP contribution in [0.25, 0.3) is 0 Å². The third-order valence-corrected chi connectivity index (χ3v) is 3.99. The number of alkyl halides is 1. The molecule has 0 aromatic heterocycles. The lowest BCUT2D eigenvalue weighted by atomic mass is 9.76. The lowest BCUT2D eigenvalue weighted by Gasteiger charge is -2.36. The topological polar surface area (TPSA) is 9.23 Å². The van der Waals surface area contributed by atoms with E-state index in [0.29, 0.717) is 5.88 Å². The molecule has 0 amide bonds. The monoisotopic (exact) mass is 244 g/mol. The van der Waals surface area contributed by atoms with Crippen LogP contribution in [-0.2, 0) is 10.2 Å². The molecule has 0 atom stereocenters. The SMILES string of the molecule is ClCC1(c2ccccc2Cl)CCOCC1. The van der Waals surface area contributed by atoms with E-state index in [9.17, 15) is 0 Å².